The van der Waals surface area contributed by atoms with Crippen molar-refractivity contribution in [1.82, 2.24) is 15.0 Å². The summed E-state index contributed by atoms with van der Waals surface area (Å²) in [5, 5.41) is 12.7. The molecule has 2 aromatic carbocycles. The number of benzene rings is 2. The summed E-state index contributed by atoms with van der Waals surface area (Å²) in [7, 11) is 0. The molecule has 0 N–H and O–H groups in total. The fraction of sp³-hybridized carbons (Fsp3) is 0.294. The average molecular weight is 321 g/mol. The number of anilines is 1. The Balaban J connectivity index is 1.99. The molecule has 1 aromatic heterocycles. The zero-order valence-electron chi connectivity index (χ0n) is 14.0. The van der Waals surface area contributed by atoms with Crippen molar-refractivity contribution in [2.24, 2.45) is 5.11 Å². The molecule has 0 aliphatic rings. The summed E-state index contributed by atoms with van der Waals surface area (Å²) in [5.41, 5.74) is 13.6. The van der Waals surface area contributed by atoms with Gasteiger partial charge < -0.3 is 4.90 Å². The molecule has 0 bridgehead atoms. The van der Waals surface area contributed by atoms with Crippen LogP contribution >= 0.6 is 0 Å². The van der Waals surface area contributed by atoms with Gasteiger partial charge in [0.25, 0.3) is 0 Å². The Morgan fingerprint density at radius 3 is 2.29 bits per heavy atom. The highest BCUT2D eigenvalue weighted by Crippen LogP contribution is 2.25. The lowest BCUT2D eigenvalue weighted by atomic mass is 10.2. The van der Waals surface area contributed by atoms with Crippen LogP contribution in [-0.2, 0) is 0 Å². The van der Waals surface area contributed by atoms with Gasteiger partial charge in [0, 0.05) is 29.4 Å². The summed E-state index contributed by atoms with van der Waals surface area (Å²) in [5.74, 6) is 0. The van der Waals surface area contributed by atoms with E-state index in [1.54, 1.807) is 10.9 Å². The first-order chi connectivity index (χ1) is 11.7. The van der Waals surface area contributed by atoms with Gasteiger partial charge in [-0.15, -0.1) is 10.2 Å². The lowest BCUT2D eigenvalue weighted by molar-refractivity contribution is 0.765. The van der Waals surface area contributed by atoms with E-state index in [2.05, 4.69) is 51.1 Å². The third-order valence-corrected chi connectivity index (χ3v) is 4.06. The number of aromatic nitrogens is 3. The summed E-state index contributed by atoms with van der Waals surface area (Å²) >= 11 is 0. The Labute approximate surface area is 140 Å². The Kier molecular flexibility index (Phi) is 4.35. The minimum Gasteiger partial charge on any atom is -0.372 e. The molecule has 3 aromatic rings. The fourth-order valence-corrected chi connectivity index (χ4v) is 2.71. The van der Waals surface area contributed by atoms with E-state index in [1.165, 1.54) is 5.69 Å². The van der Waals surface area contributed by atoms with Crippen LogP contribution in [-0.4, -0.2) is 28.1 Å². The van der Waals surface area contributed by atoms with Gasteiger partial charge in [-0.05, 0) is 68.3 Å². The van der Waals surface area contributed by atoms with Crippen molar-refractivity contribution in [2.75, 3.05) is 18.0 Å². The number of nitrogens with zero attached hydrogens (tertiary/aromatic N) is 7. The Morgan fingerprint density at radius 2 is 1.71 bits per heavy atom. The quantitative estimate of drug-likeness (QED) is 0.393. The summed E-state index contributed by atoms with van der Waals surface area (Å²) in [6.45, 7) is 8.12. The van der Waals surface area contributed by atoms with Crippen molar-refractivity contribution in [2.45, 2.75) is 20.8 Å². The van der Waals surface area contributed by atoms with E-state index in [0.717, 1.165) is 29.9 Å². The van der Waals surface area contributed by atoms with E-state index in [9.17, 15) is 0 Å². The Morgan fingerprint density at radius 1 is 1.08 bits per heavy atom. The molecule has 0 radical (unpaired) electrons. The van der Waals surface area contributed by atoms with Crippen LogP contribution in [0.4, 0.5) is 11.4 Å². The van der Waals surface area contributed by atoms with Crippen molar-refractivity contribution >= 4 is 22.4 Å². The van der Waals surface area contributed by atoms with Gasteiger partial charge in [0.15, 0.2) is 0 Å². The van der Waals surface area contributed by atoms with E-state index in [-0.39, 0.29) is 0 Å². The summed E-state index contributed by atoms with van der Waals surface area (Å²) < 4.78 is 0. The smallest absolute Gasteiger partial charge is 0.114 e. The van der Waals surface area contributed by atoms with Gasteiger partial charge in [0.05, 0.1) is 5.69 Å². The highest BCUT2D eigenvalue weighted by atomic mass is 15.5. The second-order valence-electron chi connectivity index (χ2n) is 5.49. The van der Waals surface area contributed by atoms with E-state index in [4.69, 9.17) is 5.53 Å². The molecular formula is C17H19N7. The number of rotatable bonds is 5. The third kappa shape index (κ3) is 2.89. The predicted octanol–water partition coefficient (Wildman–Crippen LogP) is 4.52. The first-order valence-corrected chi connectivity index (χ1v) is 7.94. The van der Waals surface area contributed by atoms with E-state index in [0.29, 0.717) is 11.2 Å². The number of aryl methyl sites for hydroxylation is 1. The molecule has 0 unspecified atom stereocenters. The molecule has 0 amide bonds. The highest BCUT2D eigenvalue weighted by molar-refractivity contribution is 5.79. The summed E-state index contributed by atoms with van der Waals surface area (Å²) in [6.07, 6.45) is 0. The highest BCUT2D eigenvalue weighted by Gasteiger charge is 2.08. The SMILES string of the molecule is CCN(CC)c1ccc(-n2nc3cc(C)c(N=[N+]=[N-])cc3n2)cc1. The van der Waals surface area contributed by atoms with Crippen molar-refractivity contribution in [1.29, 1.82) is 0 Å². The second-order valence-corrected chi connectivity index (χ2v) is 5.49. The molecule has 0 atom stereocenters. The maximum atomic E-state index is 8.62. The van der Waals surface area contributed by atoms with Crippen molar-refractivity contribution in [3.8, 4) is 5.69 Å². The molecule has 24 heavy (non-hydrogen) atoms. The molecule has 3 rings (SSSR count). The number of azide groups is 1. The normalized spacial score (nSPS) is 10.6. The topological polar surface area (TPSA) is 82.7 Å². The molecule has 0 saturated carbocycles. The molecule has 0 aliphatic heterocycles. The number of hydrogen-bond donors (Lipinski definition) is 0. The van der Waals surface area contributed by atoms with Crippen LogP contribution in [0.1, 0.15) is 19.4 Å². The maximum Gasteiger partial charge on any atom is 0.114 e. The first kappa shape index (κ1) is 15.8. The Bertz CT molecular complexity index is 901. The van der Waals surface area contributed by atoms with Crippen LogP contribution in [0.5, 0.6) is 0 Å². The zero-order chi connectivity index (χ0) is 17.1. The van der Waals surface area contributed by atoms with Crippen LogP contribution in [0.15, 0.2) is 41.5 Å². The van der Waals surface area contributed by atoms with Crippen LogP contribution in [0.3, 0.4) is 0 Å². The van der Waals surface area contributed by atoms with Crippen LogP contribution < -0.4 is 4.90 Å². The van der Waals surface area contributed by atoms with E-state index in [1.807, 2.05) is 25.1 Å². The van der Waals surface area contributed by atoms with Crippen molar-refractivity contribution in [3.63, 3.8) is 0 Å². The molecule has 7 nitrogen and oxygen atoms in total. The molecule has 122 valence electrons. The molecule has 0 fully saturated rings. The average Bonchev–Trinajstić information content (AvgIpc) is 3.00. The van der Waals surface area contributed by atoms with Crippen LogP contribution in [0, 0.1) is 6.92 Å². The van der Waals surface area contributed by atoms with Gasteiger partial charge in [0.1, 0.15) is 11.0 Å². The standard InChI is InChI=1S/C17H19N7/c1-4-23(5-2)13-6-8-14(9-7-13)24-20-16-10-12(3)15(19-22-18)11-17(16)21-24/h6-11H,4-5H2,1-3H3. The fourth-order valence-electron chi connectivity index (χ4n) is 2.71. The Hall–Kier alpha value is -3.05. The second kappa shape index (κ2) is 6.60. The number of hydrogen-bond acceptors (Lipinski definition) is 4. The van der Waals surface area contributed by atoms with Gasteiger partial charge in [-0.2, -0.15) is 4.80 Å². The molecule has 0 saturated heterocycles. The maximum absolute atomic E-state index is 8.62. The zero-order valence-corrected chi connectivity index (χ0v) is 14.0. The van der Waals surface area contributed by atoms with Crippen molar-refractivity contribution in [3.05, 3.63) is 52.4 Å². The van der Waals surface area contributed by atoms with E-state index >= 15 is 0 Å². The molecule has 0 aliphatic carbocycles. The molecule has 1 heterocycles. The van der Waals surface area contributed by atoms with Crippen molar-refractivity contribution < 1.29 is 0 Å². The predicted molar refractivity (Wildman–Crippen MR) is 96.0 cm³/mol. The van der Waals surface area contributed by atoms with Gasteiger partial charge >= 0.3 is 0 Å². The molecule has 0 spiro atoms. The monoisotopic (exact) mass is 321 g/mol. The van der Waals surface area contributed by atoms with Crippen LogP contribution in [0.25, 0.3) is 27.2 Å². The third-order valence-electron chi connectivity index (χ3n) is 4.06. The van der Waals surface area contributed by atoms with Gasteiger partial charge in [0.2, 0.25) is 0 Å². The lowest BCUT2D eigenvalue weighted by Crippen LogP contribution is -2.21. The van der Waals surface area contributed by atoms with Gasteiger partial charge in [-0.1, -0.05) is 5.11 Å². The largest absolute Gasteiger partial charge is 0.372 e. The van der Waals surface area contributed by atoms with Gasteiger partial charge in [-0.25, -0.2) is 0 Å². The summed E-state index contributed by atoms with van der Waals surface area (Å²) in [6, 6.07) is 11.8. The summed E-state index contributed by atoms with van der Waals surface area (Å²) in [4.78, 5) is 6.74. The van der Waals surface area contributed by atoms with Gasteiger partial charge in [-0.3, -0.25) is 0 Å². The molecule has 7 heteroatoms. The van der Waals surface area contributed by atoms with Crippen LogP contribution in [0.2, 0.25) is 0 Å². The minimum atomic E-state index is 0.578. The first-order valence-electron chi connectivity index (χ1n) is 7.94. The minimum absolute atomic E-state index is 0.578. The molecular weight excluding hydrogens is 302 g/mol. The van der Waals surface area contributed by atoms with E-state index < -0.39 is 0 Å². The number of fused-ring (bicyclic) bond motifs is 1. The lowest BCUT2D eigenvalue weighted by Gasteiger charge is -2.20.